The molecular weight excluding hydrogens is 306 g/mol. The third-order valence-corrected chi connectivity index (χ3v) is 5.33. The predicted molar refractivity (Wildman–Crippen MR) is 104 cm³/mol. The summed E-state index contributed by atoms with van der Waals surface area (Å²) < 4.78 is 0. The lowest BCUT2D eigenvalue weighted by Gasteiger charge is -2.34. The minimum atomic E-state index is -0.0964. The molecule has 2 aromatic rings. The molecule has 0 aliphatic heterocycles. The predicted octanol–water partition coefficient (Wildman–Crippen LogP) is 5.19. The molecule has 0 bridgehead atoms. The summed E-state index contributed by atoms with van der Waals surface area (Å²) in [4.78, 5) is 11.9. The zero-order valence-corrected chi connectivity index (χ0v) is 15.6. The number of carbonyl (C=O) groups is 1. The summed E-state index contributed by atoms with van der Waals surface area (Å²) in [7, 11) is 0. The third-order valence-electron chi connectivity index (χ3n) is 5.33. The van der Waals surface area contributed by atoms with Crippen LogP contribution < -0.4 is 5.32 Å². The standard InChI is InChI=1S/C23H27NO/c1-6-22(25)24-21-10-9-19(18-8-7-14(2)11-16(18)4)20-13-15(3)12-17(5)23(20)21/h6-8,11-13,19,21H,1,9-10H2,2-5H3,(H,24,25)/t19-,21+/m1/s1. The van der Waals surface area contributed by atoms with Gasteiger partial charge in [0.1, 0.15) is 0 Å². The van der Waals surface area contributed by atoms with E-state index in [4.69, 9.17) is 0 Å². The molecule has 2 aromatic carbocycles. The van der Waals surface area contributed by atoms with Crippen LogP contribution >= 0.6 is 0 Å². The lowest BCUT2D eigenvalue weighted by molar-refractivity contribution is -0.117. The first-order chi connectivity index (χ1) is 11.9. The molecule has 0 heterocycles. The van der Waals surface area contributed by atoms with Crippen molar-refractivity contribution in [2.24, 2.45) is 0 Å². The van der Waals surface area contributed by atoms with Crippen molar-refractivity contribution in [2.75, 3.05) is 0 Å². The van der Waals surface area contributed by atoms with Crippen molar-refractivity contribution in [3.05, 3.63) is 81.9 Å². The van der Waals surface area contributed by atoms with E-state index in [1.807, 2.05) is 0 Å². The quantitative estimate of drug-likeness (QED) is 0.770. The smallest absolute Gasteiger partial charge is 0.243 e. The minimum Gasteiger partial charge on any atom is -0.346 e. The van der Waals surface area contributed by atoms with Gasteiger partial charge in [0.05, 0.1) is 6.04 Å². The fourth-order valence-corrected chi connectivity index (χ4v) is 4.32. The maximum Gasteiger partial charge on any atom is 0.243 e. The minimum absolute atomic E-state index is 0.0723. The van der Waals surface area contributed by atoms with Crippen molar-refractivity contribution >= 4 is 5.91 Å². The van der Waals surface area contributed by atoms with Gasteiger partial charge < -0.3 is 5.32 Å². The summed E-state index contributed by atoms with van der Waals surface area (Å²) in [5, 5.41) is 3.12. The van der Waals surface area contributed by atoms with Gasteiger partial charge in [-0.05, 0) is 74.4 Å². The molecule has 0 unspecified atom stereocenters. The van der Waals surface area contributed by atoms with Crippen LogP contribution in [0, 0.1) is 27.7 Å². The molecule has 2 atom stereocenters. The Morgan fingerprint density at radius 3 is 2.40 bits per heavy atom. The lowest BCUT2D eigenvalue weighted by Crippen LogP contribution is -2.31. The Balaban J connectivity index is 2.11. The van der Waals surface area contributed by atoms with Crippen LogP contribution in [0.5, 0.6) is 0 Å². The number of rotatable bonds is 3. The van der Waals surface area contributed by atoms with Crippen LogP contribution in [0.4, 0.5) is 0 Å². The van der Waals surface area contributed by atoms with Crippen molar-refractivity contribution in [1.82, 2.24) is 5.32 Å². The first kappa shape index (κ1) is 17.5. The Labute approximate surface area is 151 Å². The molecule has 0 radical (unpaired) electrons. The van der Waals surface area contributed by atoms with Gasteiger partial charge in [0, 0.05) is 5.92 Å². The molecule has 3 rings (SSSR count). The van der Waals surface area contributed by atoms with Crippen LogP contribution in [-0.2, 0) is 4.79 Å². The van der Waals surface area contributed by atoms with Gasteiger partial charge >= 0.3 is 0 Å². The van der Waals surface area contributed by atoms with Gasteiger partial charge in [0.2, 0.25) is 5.91 Å². The largest absolute Gasteiger partial charge is 0.346 e. The van der Waals surface area contributed by atoms with Gasteiger partial charge in [-0.3, -0.25) is 4.79 Å². The topological polar surface area (TPSA) is 29.1 Å². The van der Waals surface area contributed by atoms with Crippen molar-refractivity contribution in [3.8, 4) is 0 Å². The number of amides is 1. The summed E-state index contributed by atoms with van der Waals surface area (Å²) in [5.41, 5.74) is 9.26. The highest BCUT2D eigenvalue weighted by atomic mass is 16.1. The van der Waals surface area contributed by atoms with Gasteiger partial charge in [-0.2, -0.15) is 0 Å². The average molecular weight is 333 g/mol. The number of hydrogen-bond donors (Lipinski definition) is 1. The van der Waals surface area contributed by atoms with Crippen LogP contribution in [-0.4, -0.2) is 5.91 Å². The van der Waals surface area contributed by atoms with E-state index in [0.29, 0.717) is 5.92 Å². The molecule has 1 amide bonds. The van der Waals surface area contributed by atoms with Gasteiger partial charge in [-0.1, -0.05) is 48.0 Å². The highest BCUT2D eigenvalue weighted by Gasteiger charge is 2.31. The van der Waals surface area contributed by atoms with E-state index in [0.717, 1.165) is 12.8 Å². The highest BCUT2D eigenvalue weighted by molar-refractivity contribution is 5.87. The normalized spacial score (nSPS) is 19.2. The average Bonchev–Trinajstić information content (AvgIpc) is 2.55. The molecule has 0 aromatic heterocycles. The van der Waals surface area contributed by atoms with E-state index in [2.05, 4.69) is 69.9 Å². The second kappa shape index (κ2) is 6.87. The monoisotopic (exact) mass is 333 g/mol. The summed E-state index contributed by atoms with van der Waals surface area (Å²) in [5.74, 6) is 0.298. The zero-order chi connectivity index (χ0) is 18.1. The fourth-order valence-electron chi connectivity index (χ4n) is 4.32. The maximum absolute atomic E-state index is 11.9. The second-order valence-corrected chi connectivity index (χ2v) is 7.34. The van der Waals surface area contributed by atoms with Crippen LogP contribution in [0.2, 0.25) is 0 Å². The van der Waals surface area contributed by atoms with E-state index in [-0.39, 0.29) is 11.9 Å². The van der Waals surface area contributed by atoms with Crippen LogP contribution in [0.15, 0.2) is 43.0 Å². The number of carbonyl (C=O) groups excluding carboxylic acids is 1. The molecule has 130 valence electrons. The van der Waals surface area contributed by atoms with Gasteiger partial charge in [-0.25, -0.2) is 0 Å². The molecule has 1 aliphatic carbocycles. The van der Waals surface area contributed by atoms with E-state index in [9.17, 15) is 4.79 Å². The number of aryl methyl sites for hydroxylation is 4. The molecule has 2 nitrogen and oxygen atoms in total. The number of benzene rings is 2. The lowest BCUT2D eigenvalue weighted by atomic mass is 9.73. The Morgan fingerprint density at radius 1 is 1.00 bits per heavy atom. The third kappa shape index (κ3) is 3.39. The summed E-state index contributed by atoms with van der Waals surface area (Å²) in [6.07, 6.45) is 3.36. The van der Waals surface area contributed by atoms with Gasteiger partial charge in [-0.15, -0.1) is 0 Å². The molecule has 0 fully saturated rings. The van der Waals surface area contributed by atoms with Crippen molar-refractivity contribution < 1.29 is 4.79 Å². The first-order valence-electron chi connectivity index (χ1n) is 9.01. The van der Waals surface area contributed by atoms with Crippen molar-refractivity contribution in [3.63, 3.8) is 0 Å². The number of nitrogens with one attached hydrogen (secondary N) is 1. The van der Waals surface area contributed by atoms with Gasteiger partial charge in [0.25, 0.3) is 0 Å². The number of fused-ring (bicyclic) bond motifs is 1. The Kier molecular flexibility index (Phi) is 4.80. The summed E-state index contributed by atoms with van der Waals surface area (Å²) >= 11 is 0. The van der Waals surface area contributed by atoms with Gasteiger partial charge in [0.15, 0.2) is 0 Å². The van der Waals surface area contributed by atoms with Crippen LogP contribution in [0.3, 0.4) is 0 Å². The second-order valence-electron chi connectivity index (χ2n) is 7.34. The fraction of sp³-hybridized carbons (Fsp3) is 0.348. The highest BCUT2D eigenvalue weighted by Crippen LogP contribution is 2.44. The zero-order valence-electron chi connectivity index (χ0n) is 15.6. The SMILES string of the molecule is C=CC(=O)N[C@H]1CC[C@H](c2ccc(C)cc2C)c2cc(C)cc(C)c21. The van der Waals surface area contributed by atoms with Crippen molar-refractivity contribution in [1.29, 1.82) is 0 Å². The first-order valence-corrected chi connectivity index (χ1v) is 9.01. The van der Waals surface area contributed by atoms with E-state index >= 15 is 0 Å². The molecule has 0 saturated heterocycles. The molecule has 25 heavy (non-hydrogen) atoms. The van der Waals surface area contributed by atoms with E-state index in [1.165, 1.54) is 45.0 Å². The van der Waals surface area contributed by atoms with E-state index in [1.54, 1.807) is 0 Å². The maximum atomic E-state index is 11.9. The molecule has 1 aliphatic rings. The molecular formula is C23H27NO. The van der Waals surface area contributed by atoms with Crippen LogP contribution in [0.1, 0.15) is 63.7 Å². The Bertz CT molecular complexity index is 834. The van der Waals surface area contributed by atoms with E-state index < -0.39 is 0 Å². The molecule has 0 saturated carbocycles. The molecule has 2 heteroatoms. The summed E-state index contributed by atoms with van der Waals surface area (Å²) in [6.45, 7) is 12.2. The molecule has 0 spiro atoms. The van der Waals surface area contributed by atoms with Crippen LogP contribution in [0.25, 0.3) is 0 Å². The molecule has 1 N–H and O–H groups in total. The number of hydrogen-bond acceptors (Lipinski definition) is 1. The Hall–Kier alpha value is -2.35. The Morgan fingerprint density at radius 2 is 1.72 bits per heavy atom. The summed E-state index contributed by atoms with van der Waals surface area (Å²) in [6, 6.07) is 11.3. The van der Waals surface area contributed by atoms with Crippen molar-refractivity contribution in [2.45, 2.75) is 52.5 Å².